The number of hydrogen-bond donors (Lipinski definition) is 1. The van der Waals surface area contributed by atoms with Gasteiger partial charge in [-0.05, 0) is 33.0 Å². The van der Waals surface area contributed by atoms with Gasteiger partial charge in [-0.15, -0.1) is 0 Å². The minimum atomic E-state index is -1.15. The molecule has 2 heterocycles. The summed E-state index contributed by atoms with van der Waals surface area (Å²) in [5, 5.41) is 9.54. The Morgan fingerprint density at radius 3 is 2.73 bits per heavy atom. The van der Waals surface area contributed by atoms with Gasteiger partial charge >= 0.3 is 5.97 Å². The molecule has 1 unspecified atom stereocenters. The molecule has 0 spiro atoms. The van der Waals surface area contributed by atoms with Gasteiger partial charge in [-0.25, -0.2) is 9.18 Å². The predicted molar refractivity (Wildman–Crippen MR) is 81.0 cm³/mol. The van der Waals surface area contributed by atoms with Crippen molar-refractivity contribution in [3.05, 3.63) is 45.6 Å². The monoisotopic (exact) mass is 304 g/mol. The molecule has 0 amide bonds. The molecule has 1 saturated heterocycles. The number of likely N-dealkylation sites (tertiary alicyclic amines) is 1. The molecular formula is C16H17FN2O3. The second kappa shape index (κ2) is 5.21. The number of benzene rings is 1. The third-order valence-corrected chi connectivity index (χ3v) is 4.38. The van der Waals surface area contributed by atoms with Crippen LogP contribution in [0.5, 0.6) is 0 Å². The minimum Gasteiger partial charge on any atom is -0.478 e. The van der Waals surface area contributed by atoms with E-state index in [0.29, 0.717) is 12.2 Å². The van der Waals surface area contributed by atoms with Crippen LogP contribution in [0.15, 0.2) is 23.0 Å². The molecule has 5 nitrogen and oxygen atoms in total. The SMILES string of the molecule is Cc1c(C(=O)O)c2cccc(F)c2c(=O)n1C1CCN(C)C1. The molecule has 22 heavy (non-hydrogen) atoms. The number of nitrogens with zero attached hydrogens (tertiary/aromatic N) is 2. The maximum absolute atomic E-state index is 14.1. The van der Waals surface area contributed by atoms with E-state index in [1.54, 1.807) is 6.92 Å². The van der Waals surface area contributed by atoms with Crippen LogP contribution in [-0.4, -0.2) is 40.7 Å². The average Bonchev–Trinajstić information content (AvgIpc) is 2.84. The van der Waals surface area contributed by atoms with Crippen molar-refractivity contribution < 1.29 is 14.3 Å². The number of rotatable bonds is 2. The van der Waals surface area contributed by atoms with Gasteiger partial charge in [0.25, 0.3) is 5.56 Å². The number of carboxylic acids is 1. The number of fused-ring (bicyclic) bond motifs is 1. The lowest BCUT2D eigenvalue weighted by Gasteiger charge is -2.20. The Bertz CT molecular complexity index is 828. The van der Waals surface area contributed by atoms with Crippen molar-refractivity contribution in [2.24, 2.45) is 0 Å². The Morgan fingerprint density at radius 2 is 2.14 bits per heavy atom. The molecule has 0 saturated carbocycles. The molecule has 1 fully saturated rings. The van der Waals surface area contributed by atoms with Gasteiger partial charge in [0.15, 0.2) is 0 Å². The number of aromatic carboxylic acids is 1. The van der Waals surface area contributed by atoms with Gasteiger partial charge in [-0.2, -0.15) is 0 Å². The lowest BCUT2D eigenvalue weighted by Crippen LogP contribution is -2.31. The van der Waals surface area contributed by atoms with Crippen molar-refractivity contribution in [2.45, 2.75) is 19.4 Å². The molecule has 1 atom stereocenters. The van der Waals surface area contributed by atoms with Gasteiger partial charge in [0, 0.05) is 17.6 Å². The van der Waals surface area contributed by atoms with Crippen molar-refractivity contribution >= 4 is 16.7 Å². The summed E-state index contributed by atoms with van der Waals surface area (Å²) >= 11 is 0. The Morgan fingerprint density at radius 1 is 1.41 bits per heavy atom. The summed E-state index contributed by atoms with van der Waals surface area (Å²) in [6, 6.07) is 3.98. The molecule has 0 aliphatic carbocycles. The average molecular weight is 304 g/mol. The van der Waals surface area contributed by atoms with Crippen LogP contribution in [0.2, 0.25) is 0 Å². The molecule has 0 radical (unpaired) electrons. The van der Waals surface area contributed by atoms with E-state index in [4.69, 9.17) is 0 Å². The zero-order valence-corrected chi connectivity index (χ0v) is 12.5. The number of aromatic nitrogens is 1. The van der Waals surface area contributed by atoms with E-state index in [2.05, 4.69) is 4.90 Å². The Labute approximate surface area is 126 Å². The maximum atomic E-state index is 14.1. The van der Waals surface area contributed by atoms with Gasteiger partial charge in [0.1, 0.15) is 5.82 Å². The van der Waals surface area contributed by atoms with Crippen LogP contribution < -0.4 is 5.56 Å². The molecular weight excluding hydrogens is 287 g/mol. The van der Waals surface area contributed by atoms with E-state index in [1.807, 2.05) is 7.05 Å². The number of likely N-dealkylation sites (N-methyl/N-ethyl adjacent to an activating group) is 1. The van der Waals surface area contributed by atoms with Crippen molar-refractivity contribution in [3.8, 4) is 0 Å². The molecule has 1 N–H and O–H groups in total. The number of carbonyl (C=O) groups is 1. The fraction of sp³-hybridized carbons (Fsp3) is 0.375. The highest BCUT2D eigenvalue weighted by molar-refractivity contribution is 6.04. The van der Waals surface area contributed by atoms with Crippen LogP contribution in [0.1, 0.15) is 28.5 Å². The largest absolute Gasteiger partial charge is 0.478 e. The number of carboxylic acid groups (broad SMARTS) is 1. The van der Waals surface area contributed by atoms with Crippen molar-refractivity contribution in [1.29, 1.82) is 0 Å². The molecule has 1 aliphatic rings. The molecule has 1 aromatic heterocycles. The van der Waals surface area contributed by atoms with Gasteiger partial charge in [-0.3, -0.25) is 4.79 Å². The summed E-state index contributed by atoms with van der Waals surface area (Å²) in [4.78, 5) is 26.5. The highest BCUT2D eigenvalue weighted by Crippen LogP contribution is 2.27. The van der Waals surface area contributed by atoms with Crippen molar-refractivity contribution in [1.82, 2.24) is 9.47 Å². The first-order valence-corrected chi connectivity index (χ1v) is 7.17. The minimum absolute atomic E-state index is 0.00338. The zero-order chi connectivity index (χ0) is 16.0. The first-order chi connectivity index (χ1) is 10.4. The maximum Gasteiger partial charge on any atom is 0.338 e. The van der Waals surface area contributed by atoms with Crippen molar-refractivity contribution in [3.63, 3.8) is 0 Å². The number of halogens is 1. The Balaban J connectivity index is 2.40. The van der Waals surface area contributed by atoms with Crippen LogP contribution in [0, 0.1) is 12.7 Å². The molecule has 6 heteroatoms. The highest BCUT2D eigenvalue weighted by atomic mass is 19.1. The Kier molecular flexibility index (Phi) is 3.48. The normalized spacial score (nSPS) is 19.0. The van der Waals surface area contributed by atoms with Crippen LogP contribution in [0.25, 0.3) is 10.8 Å². The van der Waals surface area contributed by atoms with Gasteiger partial charge in [0.2, 0.25) is 0 Å². The van der Waals surface area contributed by atoms with E-state index in [0.717, 1.165) is 13.0 Å². The van der Waals surface area contributed by atoms with E-state index in [9.17, 15) is 19.1 Å². The molecule has 1 aromatic carbocycles. The fourth-order valence-corrected chi connectivity index (χ4v) is 3.37. The standard InChI is InChI=1S/C16H17FN2O3/c1-9-13(16(21)22)11-4-3-5-12(17)14(11)15(20)19(9)10-6-7-18(2)8-10/h3-5,10H,6-8H2,1-2H3,(H,21,22). The fourth-order valence-electron chi connectivity index (χ4n) is 3.37. The quantitative estimate of drug-likeness (QED) is 0.922. The topological polar surface area (TPSA) is 62.5 Å². The lowest BCUT2D eigenvalue weighted by atomic mass is 10.0. The molecule has 3 rings (SSSR count). The van der Waals surface area contributed by atoms with E-state index in [1.165, 1.54) is 22.8 Å². The second-order valence-electron chi connectivity index (χ2n) is 5.81. The molecule has 0 bridgehead atoms. The molecule has 1 aliphatic heterocycles. The second-order valence-corrected chi connectivity index (χ2v) is 5.81. The van der Waals surface area contributed by atoms with Crippen molar-refractivity contribution in [2.75, 3.05) is 20.1 Å². The highest BCUT2D eigenvalue weighted by Gasteiger charge is 2.28. The Hall–Kier alpha value is -2.21. The summed E-state index contributed by atoms with van der Waals surface area (Å²) in [6.45, 7) is 3.10. The first kappa shape index (κ1) is 14.7. The smallest absolute Gasteiger partial charge is 0.338 e. The van der Waals surface area contributed by atoms with Crippen LogP contribution in [-0.2, 0) is 0 Å². The van der Waals surface area contributed by atoms with Crippen LogP contribution in [0.4, 0.5) is 4.39 Å². The lowest BCUT2D eigenvalue weighted by molar-refractivity contribution is 0.0697. The van der Waals surface area contributed by atoms with Gasteiger partial charge < -0.3 is 14.6 Å². The van der Waals surface area contributed by atoms with Crippen LogP contribution in [0.3, 0.4) is 0 Å². The van der Waals surface area contributed by atoms with E-state index in [-0.39, 0.29) is 22.4 Å². The molecule has 2 aromatic rings. The zero-order valence-electron chi connectivity index (χ0n) is 12.5. The summed E-state index contributed by atoms with van der Waals surface area (Å²) in [7, 11) is 1.94. The van der Waals surface area contributed by atoms with E-state index >= 15 is 0 Å². The predicted octanol–water partition coefficient (Wildman–Crippen LogP) is 2.02. The van der Waals surface area contributed by atoms with Crippen LogP contribution >= 0.6 is 0 Å². The number of pyridine rings is 1. The summed E-state index contributed by atoms with van der Waals surface area (Å²) in [5.74, 6) is -1.82. The third kappa shape index (κ3) is 2.11. The first-order valence-electron chi connectivity index (χ1n) is 7.17. The van der Waals surface area contributed by atoms with Gasteiger partial charge in [0.05, 0.1) is 17.0 Å². The van der Waals surface area contributed by atoms with E-state index < -0.39 is 17.3 Å². The summed E-state index contributed by atoms with van der Waals surface area (Å²) in [6.07, 6.45) is 0.746. The van der Waals surface area contributed by atoms with Gasteiger partial charge in [-0.1, -0.05) is 12.1 Å². The third-order valence-electron chi connectivity index (χ3n) is 4.38. The summed E-state index contributed by atoms with van der Waals surface area (Å²) in [5.41, 5.74) is -0.0598. The summed E-state index contributed by atoms with van der Waals surface area (Å²) < 4.78 is 15.6. The molecule has 116 valence electrons. The number of hydrogen-bond acceptors (Lipinski definition) is 3.